The second-order valence-electron chi connectivity index (χ2n) is 2.65. The van der Waals surface area contributed by atoms with Crippen molar-refractivity contribution in [1.82, 2.24) is 0 Å². The Morgan fingerprint density at radius 1 is 1.27 bits per heavy atom. The van der Waals surface area contributed by atoms with E-state index in [9.17, 15) is 13.2 Å². The minimum absolute atomic E-state index is 0.244. The number of anilines is 1. The second-order valence-corrected chi connectivity index (χ2v) is 2.96. The number of hydrogen-bond acceptors (Lipinski definition) is 2. The summed E-state index contributed by atoms with van der Waals surface area (Å²) in [4.78, 5) is 0. The highest BCUT2D eigenvalue weighted by molar-refractivity contribution is 6.24. The van der Waals surface area contributed by atoms with Crippen LogP contribution in [0.1, 0.15) is 5.56 Å². The van der Waals surface area contributed by atoms with Crippen LogP contribution in [-0.2, 0) is 6.18 Å². The van der Waals surface area contributed by atoms with Gasteiger partial charge in [-0.1, -0.05) is 0 Å². The molecule has 1 aromatic carbocycles. The molecule has 0 aliphatic carbocycles. The van der Waals surface area contributed by atoms with E-state index in [1.165, 1.54) is 18.3 Å². The minimum atomic E-state index is -4.31. The molecule has 0 heterocycles. The Bertz CT molecular complexity index is 332. The highest BCUT2D eigenvalue weighted by atomic mass is 35.5. The predicted octanol–water partition coefficient (Wildman–Crippen LogP) is 3.34. The molecule has 0 aliphatic heterocycles. The van der Waals surface area contributed by atoms with Crippen molar-refractivity contribution in [2.75, 3.05) is 11.3 Å². The van der Waals surface area contributed by atoms with E-state index in [4.69, 9.17) is 11.6 Å². The van der Waals surface area contributed by atoms with Crippen molar-refractivity contribution in [1.29, 1.82) is 0 Å². The Hall–Kier alpha value is -1.23. The van der Waals surface area contributed by atoms with E-state index in [-0.39, 0.29) is 5.88 Å². The lowest BCUT2D eigenvalue weighted by Crippen LogP contribution is -2.04. The van der Waals surface area contributed by atoms with Crippen LogP contribution in [0.3, 0.4) is 0 Å². The Morgan fingerprint density at radius 2 is 1.87 bits per heavy atom. The van der Waals surface area contributed by atoms with Crippen LogP contribution >= 0.6 is 11.6 Å². The Kier molecular flexibility index (Phi) is 3.96. The zero-order chi connectivity index (χ0) is 11.3. The van der Waals surface area contributed by atoms with E-state index >= 15 is 0 Å². The smallest absolute Gasteiger partial charge is 0.279 e. The van der Waals surface area contributed by atoms with E-state index in [2.05, 4.69) is 10.5 Å². The SMILES string of the molecule is FC(F)(F)c1ccc(NN=CCCl)cc1. The molecule has 0 saturated heterocycles. The van der Waals surface area contributed by atoms with E-state index < -0.39 is 11.7 Å². The van der Waals surface area contributed by atoms with Gasteiger partial charge in [-0.15, -0.1) is 11.6 Å². The van der Waals surface area contributed by atoms with Crippen molar-refractivity contribution >= 4 is 23.5 Å². The largest absolute Gasteiger partial charge is 0.416 e. The van der Waals surface area contributed by atoms with E-state index in [0.29, 0.717) is 5.69 Å². The van der Waals surface area contributed by atoms with Crippen molar-refractivity contribution < 1.29 is 13.2 Å². The van der Waals surface area contributed by atoms with Gasteiger partial charge < -0.3 is 0 Å². The molecule has 82 valence electrons. The summed E-state index contributed by atoms with van der Waals surface area (Å²) in [5.41, 5.74) is 2.33. The van der Waals surface area contributed by atoms with Crippen LogP contribution in [0.5, 0.6) is 0 Å². The minimum Gasteiger partial charge on any atom is -0.279 e. The maximum atomic E-state index is 12.2. The molecule has 1 N–H and O–H groups in total. The highest BCUT2D eigenvalue weighted by Gasteiger charge is 2.29. The number of benzene rings is 1. The summed E-state index contributed by atoms with van der Waals surface area (Å²) in [5, 5.41) is 3.66. The molecule has 0 spiro atoms. The van der Waals surface area contributed by atoms with Gasteiger partial charge in [-0.2, -0.15) is 18.3 Å². The fourth-order valence-corrected chi connectivity index (χ4v) is 0.957. The quantitative estimate of drug-likeness (QED) is 0.486. The first kappa shape index (κ1) is 11.8. The van der Waals surface area contributed by atoms with E-state index in [0.717, 1.165) is 12.1 Å². The van der Waals surface area contributed by atoms with Crippen molar-refractivity contribution in [3.8, 4) is 0 Å². The summed E-state index contributed by atoms with van der Waals surface area (Å²) in [6, 6.07) is 4.57. The summed E-state index contributed by atoms with van der Waals surface area (Å²) >= 11 is 5.31. The Balaban J connectivity index is 2.69. The predicted molar refractivity (Wildman–Crippen MR) is 54.3 cm³/mol. The normalized spacial score (nSPS) is 12.0. The van der Waals surface area contributed by atoms with Crippen LogP contribution in [0, 0.1) is 0 Å². The van der Waals surface area contributed by atoms with Gasteiger partial charge in [0.25, 0.3) is 0 Å². The lowest BCUT2D eigenvalue weighted by Gasteiger charge is -2.06. The van der Waals surface area contributed by atoms with Crippen molar-refractivity contribution in [3.63, 3.8) is 0 Å². The van der Waals surface area contributed by atoms with Crippen molar-refractivity contribution in [2.24, 2.45) is 5.10 Å². The lowest BCUT2D eigenvalue weighted by molar-refractivity contribution is -0.137. The molecule has 0 fully saturated rings. The van der Waals surface area contributed by atoms with Gasteiger partial charge in [-0.3, -0.25) is 5.43 Å². The number of rotatable bonds is 3. The second kappa shape index (κ2) is 5.02. The summed E-state index contributed by atoms with van der Waals surface area (Å²) in [6.07, 6.45) is -2.91. The Morgan fingerprint density at radius 3 is 2.33 bits per heavy atom. The van der Waals surface area contributed by atoms with Crippen LogP contribution in [0.2, 0.25) is 0 Å². The molecule has 0 aliphatic rings. The topological polar surface area (TPSA) is 24.4 Å². The van der Waals surface area contributed by atoms with Gasteiger partial charge in [0, 0.05) is 6.21 Å². The molecule has 0 unspecified atom stereocenters. The third kappa shape index (κ3) is 3.79. The Labute approximate surface area is 89.7 Å². The number of hydrazone groups is 1. The molecule has 1 rings (SSSR count). The van der Waals surface area contributed by atoms with Gasteiger partial charge in [-0.05, 0) is 24.3 Å². The molecule has 0 bridgehead atoms. The monoisotopic (exact) mass is 236 g/mol. The van der Waals surface area contributed by atoms with Crippen molar-refractivity contribution in [3.05, 3.63) is 29.8 Å². The molecule has 6 heteroatoms. The van der Waals surface area contributed by atoms with Crippen LogP contribution < -0.4 is 5.43 Å². The van der Waals surface area contributed by atoms with Gasteiger partial charge in [-0.25, -0.2) is 0 Å². The van der Waals surface area contributed by atoms with Crippen molar-refractivity contribution in [2.45, 2.75) is 6.18 Å². The van der Waals surface area contributed by atoms with Gasteiger partial charge in [0.1, 0.15) is 0 Å². The molecule has 2 nitrogen and oxygen atoms in total. The zero-order valence-corrected chi connectivity index (χ0v) is 8.31. The van der Waals surface area contributed by atoms with Gasteiger partial charge in [0.15, 0.2) is 0 Å². The standard InChI is InChI=1S/C9H8ClF3N2/c10-5-6-14-15-8-3-1-7(2-4-8)9(11,12)13/h1-4,6,15H,5H2. The molecule has 0 radical (unpaired) electrons. The zero-order valence-electron chi connectivity index (χ0n) is 7.55. The molecule has 0 atom stereocenters. The molecule has 0 saturated carbocycles. The van der Waals surface area contributed by atoms with E-state index in [1.54, 1.807) is 0 Å². The number of hydrogen-bond donors (Lipinski definition) is 1. The van der Waals surface area contributed by atoms with Gasteiger partial charge in [0.2, 0.25) is 0 Å². The molecule has 0 aromatic heterocycles. The van der Waals surface area contributed by atoms with Crippen LogP contribution in [0.25, 0.3) is 0 Å². The first-order valence-corrected chi connectivity index (χ1v) is 4.58. The van der Waals surface area contributed by atoms with Crippen LogP contribution in [0.15, 0.2) is 29.4 Å². The summed E-state index contributed by atoms with van der Waals surface area (Å²) in [7, 11) is 0. The number of nitrogens with one attached hydrogen (secondary N) is 1. The maximum absolute atomic E-state index is 12.2. The van der Waals surface area contributed by atoms with Crippen LogP contribution in [0.4, 0.5) is 18.9 Å². The number of nitrogens with zero attached hydrogens (tertiary/aromatic N) is 1. The molecule has 0 amide bonds. The third-order valence-corrected chi connectivity index (χ3v) is 1.70. The molecule has 1 aromatic rings. The van der Waals surface area contributed by atoms with Gasteiger partial charge in [0.05, 0.1) is 17.1 Å². The number of alkyl halides is 4. The number of halogens is 4. The van der Waals surface area contributed by atoms with Gasteiger partial charge >= 0.3 is 6.18 Å². The molecule has 15 heavy (non-hydrogen) atoms. The van der Waals surface area contributed by atoms with E-state index in [1.807, 2.05) is 0 Å². The first-order chi connectivity index (χ1) is 7.04. The maximum Gasteiger partial charge on any atom is 0.416 e. The lowest BCUT2D eigenvalue weighted by atomic mass is 10.2. The molecular weight excluding hydrogens is 229 g/mol. The first-order valence-electron chi connectivity index (χ1n) is 4.05. The molecular formula is C9H8ClF3N2. The average Bonchev–Trinajstić information content (AvgIpc) is 2.18. The highest BCUT2D eigenvalue weighted by Crippen LogP contribution is 2.29. The fraction of sp³-hybridized carbons (Fsp3) is 0.222. The van der Waals surface area contributed by atoms with Crippen LogP contribution in [-0.4, -0.2) is 12.1 Å². The summed E-state index contributed by atoms with van der Waals surface area (Å²) in [5.74, 6) is 0.244. The summed E-state index contributed by atoms with van der Waals surface area (Å²) < 4.78 is 36.5. The fourth-order valence-electron chi connectivity index (χ4n) is 0.888. The summed E-state index contributed by atoms with van der Waals surface area (Å²) in [6.45, 7) is 0. The third-order valence-electron chi connectivity index (χ3n) is 1.57. The average molecular weight is 237 g/mol.